The van der Waals surface area contributed by atoms with Crippen LogP contribution in [0, 0.1) is 0 Å². The SMILES string of the molecule is CC(=O)Nc1cc(Nc2cc(-c3cnccc3C(C)(C)O)cc(S(C)(=O)=O)n2)c(-c2ccc3c(n2)OCC(C)(C)O3)cn1. The lowest BCUT2D eigenvalue weighted by Gasteiger charge is -2.31. The first-order valence-corrected chi connectivity index (χ1v) is 15.3. The fourth-order valence-corrected chi connectivity index (χ4v) is 5.16. The third-order valence-corrected chi connectivity index (χ3v) is 7.46. The van der Waals surface area contributed by atoms with Crippen LogP contribution in [0.4, 0.5) is 17.3 Å². The first-order valence-electron chi connectivity index (χ1n) is 13.4. The van der Waals surface area contributed by atoms with Crippen molar-refractivity contribution in [3.8, 4) is 34.0 Å². The molecule has 4 aromatic rings. The molecule has 5 heterocycles. The van der Waals surface area contributed by atoms with Gasteiger partial charge in [0, 0.05) is 49.0 Å². The molecule has 0 spiro atoms. The second kappa shape index (κ2) is 10.9. The fourth-order valence-electron chi connectivity index (χ4n) is 4.55. The predicted octanol–water partition coefficient (Wildman–Crippen LogP) is 4.48. The number of fused-ring (bicyclic) bond motifs is 1. The Bertz CT molecular complexity index is 1840. The van der Waals surface area contributed by atoms with Crippen LogP contribution in [-0.4, -0.2) is 57.8 Å². The summed E-state index contributed by atoms with van der Waals surface area (Å²) < 4.78 is 37.2. The molecule has 0 bridgehead atoms. The quantitative estimate of drug-likeness (QED) is 0.272. The Balaban J connectivity index is 1.64. The molecule has 43 heavy (non-hydrogen) atoms. The van der Waals surface area contributed by atoms with Crippen molar-refractivity contribution in [3.05, 3.63) is 60.6 Å². The van der Waals surface area contributed by atoms with Gasteiger partial charge in [0.15, 0.2) is 20.6 Å². The Kier molecular flexibility index (Phi) is 7.57. The minimum atomic E-state index is -3.75. The van der Waals surface area contributed by atoms with Gasteiger partial charge in [-0.1, -0.05) is 0 Å². The zero-order valence-corrected chi connectivity index (χ0v) is 25.4. The number of hydrogen-bond donors (Lipinski definition) is 3. The number of sulfone groups is 1. The van der Waals surface area contributed by atoms with E-state index in [2.05, 4.69) is 30.6 Å². The minimum absolute atomic E-state index is 0.184. The smallest absolute Gasteiger partial charge is 0.257 e. The van der Waals surface area contributed by atoms with E-state index < -0.39 is 21.0 Å². The summed E-state index contributed by atoms with van der Waals surface area (Å²) >= 11 is 0. The topological polar surface area (TPSA) is 166 Å². The summed E-state index contributed by atoms with van der Waals surface area (Å²) in [7, 11) is -3.75. The lowest BCUT2D eigenvalue weighted by atomic mass is 9.91. The predicted molar refractivity (Wildman–Crippen MR) is 161 cm³/mol. The van der Waals surface area contributed by atoms with Gasteiger partial charge in [0.1, 0.15) is 23.8 Å². The highest BCUT2D eigenvalue weighted by atomic mass is 32.2. The summed E-state index contributed by atoms with van der Waals surface area (Å²) in [6.07, 6.45) is 5.72. The number of anilines is 3. The van der Waals surface area contributed by atoms with Crippen molar-refractivity contribution in [1.29, 1.82) is 0 Å². The molecule has 0 unspecified atom stereocenters. The molecule has 0 atom stereocenters. The number of aliphatic hydroxyl groups is 1. The van der Waals surface area contributed by atoms with Crippen LogP contribution in [0.25, 0.3) is 22.4 Å². The molecule has 1 aliphatic heterocycles. The van der Waals surface area contributed by atoms with E-state index in [-0.39, 0.29) is 22.6 Å². The lowest BCUT2D eigenvalue weighted by molar-refractivity contribution is -0.114. The molecular formula is C30H32N6O6S. The highest BCUT2D eigenvalue weighted by Crippen LogP contribution is 2.39. The van der Waals surface area contributed by atoms with Gasteiger partial charge in [-0.15, -0.1) is 0 Å². The third kappa shape index (κ3) is 6.73. The summed E-state index contributed by atoms with van der Waals surface area (Å²) in [5.41, 5.74) is 1.28. The van der Waals surface area contributed by atoms with Crippen LogP contribution < -0.4 is 20.1 Å². The van der Waals surface area contributed by atoms with E-state index in [9.17, 15) is 18.3 Å². The molecule has 0 saturated heterocycles. The minimum Gasteiger partial charge on any atom is -0.479 e. The number of nitrogens with zero attached hydrogens (tertiary/aromatic N) is 4. The summed E-state index contributed by atoms with van der Waals surface area (Å²) in [5.74, 6) is 0.951. The maximum absolute atomic E-state index is 12.7. The van der Waals surface area contributed by atoms with Crippen LogP contribution in [0.2, 0.25) is 0 Å². The average molecular weight is 605 g/mol. The zero-order chi connectivity index (χ0) is 31.2. The molecule has 0 aliphatic carbocycles. The largest absolute Gasteiger partial charge is 0.479 e. The van der Waals surface area contributed by atoms with Crippen LogP contribution in [0.5, 0.6) is 11.6 Å². The molecule has 3 N–H and O–H groups in total. The van der Waals surface area contributed by atoms with Crippen molar-refractivity contribution in [2.24, 2.45) is 0 Å². The number of carbonyl (C=O) groups is 1. The summed E-state index contributed by atoms with van der Waals surface area (Å²) in [5, 5.41) is 16.5. The van der Waals surface area contributed by atoms with E-state index >= 15 is 0 Å². The molecule has 0 aromatic carbocycles. The van der Waals surface area contributed by atoms with Gasteiger partial charge in [0.2, 0.25) is 5.91 Å². The molecule has 0 radical (unpaired) electrons. The molecule has 1 aliphatic rings. The van der Waals surface area contributed by atoms with Gasteiger partial charge in [-0.25, -0.2) is 23.4 Å². The van der Waals surface area contributed by atoms with Crippen molar-refractivity contribution >= 4 is 33.1 Å². The molecule has 13 heteroatoms. The number of hydrogen-bond acceptors (Lipinski definition) is 11. The van der Waals surface area contributed by atoms with Crippen LogP contribution in [0.1, 0.15) is 40.2 Å². The Morgan fingerprint density at radius 1 is 1.05 bits per heavy atom. The van der Waals surface area contributed by atoms with E-state index in [1.807, 2.05) is 13.8 Å². The fraction of sp³-hybridized carbons (Fsp3) is 0.300. The van der Waals surface area contributed by atoms with Crippen molar-refractivity contribution in [2.75, 3.05) is 23.5 Å². The number of pyridine rings is 4. The maximum Gasteiger partial charge on any atom is 0.257 e. The van der Waals surface area contributed by atoms with Gasteiger partial charge in [-0.3, -0.25) is 9.78 Å². The number of nitrogens with one attached hydrogen (secondary N) is 2. The van der Waals surface area contributed by atoms with Gasteiger partial charge >= 0.3 is 0 Å². The summed E-state index contributed by atoms with van der Waals surface area (Å²) in [4.78, 5) is 29.4. The van der Waals surface area contributed by atoms with E-state index in [1.165, 1.54) is 19.2 Å². The highest BCUT2D eigenvalue weighted by Gasteiger charge is 2.29. The monoisotopic (exact) mass is 604 g/mol. The Morgan fingerprint density at radius 3 is 2.51 bits per heavy atom. The van der Waals surface area contributed by atoms with Crippen molar-refractivity contribution in [2.45, 2.75) is 50.8 Å². The van der Waals surface area contributed by atoms with E-state index in [4.69, 9.17) is 9.47 Å². The number of carbonyl (C=O) groups excluding carboxylic acids is 1. The van der Waals surface area contributed by atoms with Crippen molar-refractivity contribution in [3.63, 3.8) is 0 Å². The normalized spacial score (nSPS) is 14.2. The van der Waals surface area contributed by atoms with Gasteiger partial charge in [-0.2, -0.15) is 0 Å². The Hall–Kier alpha value is -4.62. The number of ether oxygens (including phenoxy) is 2. The van der Waals surface area contributed by atoms with Gasteiger partial charge in [0.25, 0.3) is 5.88 Å². The highest BCUT2D eigenvalue weighted by molar-refractivity contribution is 7.90. The lowest BCUT2D eigenvalue weighted by Crippen LogP contribution is -2.39. The van der Waals surface area contributed by atoms with Crippen LogP contribution in [0.3, 0.4) is 0 Å². The van der Waals surface area contributed by atoms with E-state index in [0.717, 1.165) is 6.26 Å². The van der Waals surface area contributed by atoms with E-state index in [0.29, 0.717) is 51.9 Å². The second-order valence-electron chi connectivity index (χ2n) is 11.4. The van der Waals surface area contributed by atoms with Crippen molar-refractivity contribution < 1.29 is 27.8 Å². The van der Waals surface area contributed by atoms with Crippen LogP contribution in [0.15, 0.2) is 60.0 Å². The number of rotatable bonds is 7. The average Bonchev–Trinajstić information content (AvgIpc) is 2.91. The summed E-state index contributed by atoms with van der Waals surface area (Å²) in [6.45, 7) is 8.78. The second-order valence-corrected chi connectivity index (χ2v) is 13.4. The molecular weight excluding hydrogens is 572 g/mol. The first-order chi connectivity index (χ1) is 20.1. The van der Waals surface area contributed by atoms with Crippen LogP contribution in [-0.2, 0) is 20.2 Å². The van der Waals surface area contributed by atoms with Gasteiger partial charge in [0.05, 0.1) is 17.0 Å². The molecule has 12 nitrogen and oxygen atoms in total. The maximum atomic E-state index is 12.7. The van der Waals surface area contributed by atoms with Gasteiger partial charge in [-0.05, 0) is 69.2 Å². The number of aromatic nitrogens is 4. The first kappa shape index (κ1) is 29.9. The molecule has 5 rings (SSSR count). The molecule has 1 amide bonds. The van der Waals surface area contributed by atoms with Crippen molar-refractivity contribution in [1.82, 2.24) is 19.9 Å². The molecule has 0 saturated carbocycles. The summed E-state index contributed by atoms with van der Waals surface area (Å²) in [6, 6.07) is 9.87. The van der Waals surface area contributed by atoms with Gasteiger partial charge < -0.3 is 25.2 Å². The molecule has 4 aromatic heterocycles. The number of amides is 1. The molecule has 224 valence electrons. The standard InChI is InChI=1S/C30H32N6O6S/c1-17(37)33-25-13-23(20(15-32-25)22-7-8-24-28(35-22)41-16-29(2,3)42-24)34-26-11-18(12-27(36-26)43(6,39)40)19-14-31-10-9-21(19)30(4,5)38/h7-15,38H,16H2,1-6H3,(H2,32,33,34,36,37). The Labute approximate surface area is 249 Å². The zero-order valence-electron chi connectivity index (χ0n) is 24.6. The third-order valence-electron chi connectivity index (χ3n) is 6.49. The van der Waals surface area contributed by atoms with E-state index in [1.54, 1.807) is 56.6 Å². The molecule has 0 fully saturated rings. The van der Waals surface area contributed by atoms with Crippen LogP contribution >= 0.6 is 0 Å². The Morgan fingerprint density at radius 2 is 1.81 bits per heavy atom.